The topological polar surface area (TPSA) is 66.5 Å². The Morgan fingerprint density at radius 1 is 1.30 bits per heavy atom. The highest BCUT2D eigenvalue weighted by molar-refractivity contribution is 5.77. The van der Waals surface area contributed by atoms with Crippen LogP contribution in [-0.4, -0.2) is 43.5 Å². The van der Waals surface area contributed by atoms with Gasteiger partial charge in [-0.2, -0.15) is 0 Å². The van der Waals surface area contributed by atoms with Crippen molar-refractivity contribution in [2.45, 2.75) is 46.2 Å². The Kier molecular flexibility index (Phi) is 10.5. The number of benzene rings is 1. The van der Waals surface area contributed by atoms with E-state index in [2.05, 4.69) is 5.32 Å². The highest BCUT2D eigenvalue weighted by Crippen LogP contribution is 2.14. The molecule has 1 atom stereocenters. The van der Waals surface area contributed by atoms with Gasteiger partial charge in [0.15, 0.2) is 0 Å². The van der Waals surface area contributed by atoms with Crippen LogP contribution in [0.3, 0.4) is 0 Å². The molecule has 0 spiro atoms. The van der Waals surface area contributed by atoms with Gasteiger partial charge in [0.25, 0.3) is 0 Å². The van der Waals surface area contributed by atoms with Crippen molar-refractivity contribution in [1.29, 1.82) is 0 Å². The second-order valence-electron chi connectivity index (χ2n) is 5.15. The van der Waals surface area contributed by atoms with E-state index in [9.17, 15) is 14.4 Å². The van der Waals surface area contributed by atoms with Gasteiger partial charge in [0.05, 0.1) is 6.04 Å². The number of hydrogen-bond acceptors (Lipinski definition) is 4. The maximum Gasteiger partial charge on any atom is 0.219 e. The van der Waals surface area contributed by atoms with E-state index < -0.39 is 0 Å². The van der Waals surface area contributed by atoms with E-state index in [1.807, 2.05) is 44.9 Å². The van der Waals surface area contributed by atoms with Crippen molar-refractivity contribution < 1.29 is 14.4 Å². The van der Waals surface area contributed by atoms with Gasteiger partial charge in [0.1, 0.15) is 12.6 Å². The summed E-state index contributed by atoms with van der Waals surface area (Å²) in [5, 5.41) is 2.54. The number of nitrogens with zero attached hydrogens (tertiary/aromatic N) is 1. The van der Waals surface area contributed by atoms with Crippen molar-refractivity contribution in [3.8, 4) is 0 Å². The molecule has 0 saturated heterocycles. The van der Waals surface area contributed by atoms with Gasteiger partial charge in [0, 0.05) is 25.6 Å². The molecule has 1 aromatic rings. The lowest BCUT2D eigenvalue weighted by atomic mass is 10.0. The fraction of sp³-hybridized carbons (Fsp3) is 0.500. The summed E-state index contributed by atoms with van der Waals surface area (Å²) in [6.45, 7) is 6.45. The largest absolute Gasteiger partial charge is 0.359 e. The molecule has 0 aliphatic carbocycles. The van der Waals surface area contributed by atoms with E-state index >= 15 is 0 Å². The molecule has 128 valence electrons. The Morgan fingerprint density at radius 3 is 2.48 bits per heavy atom. The maximum absolute atomic E-state index is 11.3. The van der Waals surface area contributed by atoms with Gasteiger partial charge in [-0.3, -0.25) is 14.5 Å². The minimum Gasteiger partial charge on any atom is -0.359 e. The van der Waals surface area contributed by atoms with Crippen LogP contribution in [0.5, 0.6) is 0 Å². The van der Waals surface area contributed by atoms with Crippen molar-refractivity contribution in [1.82, 2.24) is 10.2 Å². The molecule has 5 nitrogen and oxygen atoms in total. The highest BCUT2D eigenvalue weighted by Gasteiger charge is 2.16. The molecule has 0 aromatic heterocycles. The number of carbonyl (C=O) groups is 3. The SMILES string of the molecule is CC.CNC(=O)CCC(C=O)N(C)Cc1cc(C)ccc1C=O. The first kappa shape index (κ1) is 21.0. The molecule has 0 radical (unpaired) electrons. The lowest BCUT2D eigenvalue weighted by Gasteiger charge is -2.24. The predicted octanol–water partition coefficient (Wildman–Crippen LogP) is 2.36. The lowest BCUT2D eigenvalue weighted by Crippen LogP contribution is -2.34. The fourth-order valence-electron chi connectivity index (χ4n) is 2.17. The number of likely N-dealkylation sites (N-methyl/N-ethyl adjacent to an activating group) is 1. The molecular weight excluding hydrogens is 292 g/mol. The Hall–Kier alpha value is -2.01. The molecule has 5 heteroatoms. The fourth-order valence-corrected chi connectivity index (χ4v) is 2.17. The van der Waals surface area contributed by atoms with Crippen LogP contribution in [0.15, 0.2) is 18.2 Å². The minimum atomic E-state index is -0.345. The van der Waals surface area contributed by atoms with Crippen molar-refractivity contribution in [2.24, 2.45) is 0 Å². The summed E-state index contributed by atoms with van der Waals surface area (Å²) in [4.78, 5) is 35.4. The number of aryl methyl sites for hydroxylation is 1. The zero-order chi connectivity index (χ0) is 17.8. The summed E-state index contributed by atoms with van der Waals surface area (Å²) in [5.41, 5.74) is 2.58. The zero-order valence-electron chi connectivity index (χ0n) is 14.8. The number of aldehydes is 2. The van der Waals surface area contributed by atoms with Gasteiger partial charge in [-0.15, -0.1) is 0 Å². The van der Waals surface area contributed by atoms with Crippen LogP contribution in [0.1, 0.15) is 48.2 Å². The summed E-state index contributed by atoms with van der Waals surface area (Å²) in [6.07, 6.45) is 2.43. The summed E-state index contributed by atoms with van der Waals surface area (Å²) in [6, 6.07) is 5.27. The van der Waals surface area contributed by atoms with Gasteiger partial charge in [-0.1, -0.05) is 37.6 Å². The van der Waals surface area contributed by atoms with Crippen LogP contribution in [-0.2, 0) is 16.1 Å². The molecule has 0 aliphatic heterocycles. The van der Waals surface area contributed by atoms with Crippen molar-refractivity contribution in [2.75, 3.05) is 14.1 Å². The number of nitrogens with one attached hydrogen (secondary N) is 1. The van der Waals surface area contributed by atoms with Crippen LogP contribution in [0, 0.1) is 6.92 Å². The molecule has 0 fully saturated rings. The third-order valence-corrected chi connectivity index (χ3v) is 3.51. The van der Waals surface area contributed by atoms with E-state index in [-0.39, 0.29) is 11.9 Å². The van der Waals surface area contributed by atoms with E-state index in [1.54, 1.807) is 13.1 Å². The molecule has 0 heterocycles. The first-order chi connectivity index (χ1) is 11.0. The number of rotatable bonds is 8. The van der Waals surface area contributed by atoms with Crippen LogP contribution in [0.2, 0.25) is 0 Å². The molecule has 1 aromatic carbocycles. The second-order valence-corrected chi connectivity index (χ2v) is 5.15. The number of hydrogen-bond donors (Lipinski definition) is 1. The predicted molar refractivity (Wildman–Crippen MR) is 92.5 cm³/mol. The Bertz CT molecular complexity index is 515. The smallest absolute Gasteiger partial charge is 0.219 e. The summed E-state index contributed by atoms with van der Waals surface area (Å²) < 4.78 is 0. The summed E-state index contributed by atoms with van der Waals surface area (Å²) in [7, 11) is 3.39. The average molecular weight is 320 g/mol. The van der Waals surface area contributed by atoms with E-state index in [0.717, 1.165) is 23.7 Å². The van der Waals surface area contributed by atoms with Gasteiger partial charge < -0.3 is 10.1 Å². The number of amides is 1. The summed E-state index contributed by atoms with van der Waals surface area (Å²) in [5.74, 6) is -0.0839. The van der Waals surface area contributed by atoms with Gasteiger partial charge in [-0.25, -0.2) is 0 Å². The van der Waals surface area contributed by atoms with Gasteiger partial charge >= 0.3 is 0 Å². The quantitative estimate of drug-likeness (QED) is 0.747. The van der Waals surface area contributed by atoms with Gasteiger partial charge in [0.2, 0.25) is 5.91 Å². The third-order valence-electron chi connectivity index (χ3n) is 3.51. The zero-order valence-corrected chi connectivity index (χ0v) is 14.8. The van der Waals surface area contributed by atoms with Crippen LogP contribution >= 0.6 is 0 Å². The van der Waals surface area contributed by atoms with Crippen LogP contribution in [0.25, 0.3) is 0 Å². The lowest BCUT2D eigenvalue weighted by molar-refractivity contribution is -0.121. The average Bonchev–Trinajstić information content (AvgIpc) is 2.57. The Morgan fingerprint density at radius 2 is 1.96 bits per heavy atom. The number of carbonyl (C=O) groups excluding carboxylic acids is 3. The summed E-state index contributed by atoms with van der Waals surface area (Å²) >= 11 is 0. The van der Waals surface area contributed by atoms with E-state index in [1.165, 1.54) is 0 Å². The van der Waals surface area contributed by atoms with Crippen molar-refractivity contribution in [3.05, 3.63) is 34.9 Å². The Balaban J connectivity index is 0.00000232. The van der Waals surface area contributed by atoms with E-state index in [0.29, 0.717) is 24.9 Å². The van der Waals surface area contributed by atoms with Crippen molar-refractivity contribution in [3.63, 3.8) is 0 Å². The molecule has 1 rings (SSSR count). The molecule has 0 aliphatic rings. The second kappa shape index (κ2) is 11.5. The normalized spacial score (nSPS) is 11.2. The minimum absolute atomic E-state index is 0.0839. The van der Waals surface area contributed by atoms with Crippen LogP contribution in [0.4, 0.5) is 0 Å². The standard InChI is InChI=1S/C16H22N2O3.C2H6/c1-12-4-5-13(10-19)14(8-12)9-18(3)15(11-20)6-7-16(21)17-2;1-2/h4-5,8,10-11,15H,6-7,9H2,1-3H3,(H,17,21);1-2H3. The molecule has 1 unspecified atom stereocenters. The first-order valence-electron chi connectivity index (χ1n) is 7.92. The van der Waals surface area contributed by atoms with Crippen molar-refractivity contribution >= 4 is 18.5 Å². The van der Waals surface area contributed by atoms with Crippen LogP contribution < -0.4 is 5.32 Å². The van der Waals surface area contributed by atoms with E-state index in [4.69, 9.17) is 0 Å². The molecule has 0 bridgehead atoms. The molecule has 1 amide bonds. The Labute approximate surface area is 139 Å². The molecule has 1 N–H and O–H groups in total. The first-order valence-corrected chi connectivity index (χ1v) is 7.92. The monoisotopic (exact) mass is 320 g/mol. The van der Waals surface area contributed by atoms with Gasteiger partial charge in [-0.05, 0) is 26.0 Å². The molecule has 23 heavy (non-hydrogen) atoms. The molecular formula is C18H28N2O3. The third kappa shape index (κ3) is 7.19. The highest BCUT2D eigenvalue weighted by atomic mass is 16.1. The maximum atomic E-state index is 11.3. The molecule has 0 saturated carbocycles.